The second kappa shape index (κ2) is 10.0. The third-order valence-electron chi connectivity index (χ3n) is 6.99. The Bertz CT molecular complexity index is 1500. The Hall–Kier alpha value is -3.88. The number of imidazole rings is 1. The standard InChI is InChI=1S/C28H25ClN6O4/c1-28(2)38-22-20(13-30)37-26(23(22)39-28)35-15-31-21-24(32-27(29)33-25(21)35)34(16-36)14-19(17-9-5-3-6-10-17)18-11-7-4-8-12-18/h3-12,15-16,19-20,22-23,26H,14H2,1-2H3/t20?,22-,23-,26?/m1/s1. The molecule has 0 radical (unpaired) electrons. The molecule has 10 nitrogen and oxygen atoms in total. The molecule has 4 atom stereocenters. The third kappa shape index (κ3) is 4.64. The summed E-state index contributed by atoms with van der Waals surface area (Å²) in [5.74, 6) is -0.741. The van der Waals surface area contributed by atoms with Gasteiger partial charge in [-0.25, -0.2) is 4.98 Å². The van der Waals surface area contributed by atoms with E-state index in [4.69, 9.17) is 25.8 Å². The van der Waals surface area contributed by atoms with Crippen molar-refractivity contribution in [3.63, 3.8) is 0 Å². The first-order valence-corrected chi connectivity index (χ1v) is 12.9. The van der Waals surface area contributed by atoms with E-state index in [1.807, 2.05) is 60.7 Å². The Labute approximate surface area is 229 Å². The molecule has 198 valence electrons. The van der Waals surface area contributed by atoms with E-state index >= 15 is 0 Å². The highest BCUT2D eigenvalue weighted by atomic mass is 35.5. The number of amides is 1. The molecule has 2 aromatic heterocycles. The van der Waals surface area contributed by atoms with Crippen molar-refractivity contribution in [2.45, 2.75) is 50.1 Å². The number of carbonyl (C=O) groups excluding carboxylic acids is 1. The fraction of sp³-hybridized carbons (Fsp3) is 0.321. The molecule has 2 aliphatic rings. The number of hydrogen-bond donors (Lipinski definition) is 0. The molecule has 39 heavy (non-hydrogen) atoms. The van der Waals surface area contributed by atoms with Gasteiger partial charge in [0.15, 0.2) is 35.1 Å². The van der Waals surface area contributed by atoms with Gasteiger partial charge in [0, 0.05) is 12.5 Å². The summed E-state index contributed by atoms with van der Waals surface area (Å²) in [6.07, 6.45) is -0.462. The van der Waals surface area contributed by atoms with E-state index in [1.165, 1.54) is 11.2 Å². The molecule has 2 aliphatic heterocycles. The summed E-state index contributed by atoms with van der Waals surface area (Å²) in [4.78, 5) is 27.4. The monoisotopic (exact) mass is 544 g/mol. The van der Waals surface area contributed by atoms with Crippen LogP contribution in [0.2, 0.25) is 5.28 Å². The first-order valence-electron chi connectivity index (χ1n) is 12.5. The molecule has 2 unspecified atom stereocenters. The van der Waals surface area contributed by atoms with Crippen molar-refractivity contribution in [1.29, 1.82) is 5.26 Å². The molecule has 0 bridgehead atoms. The second-order valence-corrected chi connectivity index (χ2v) is 10.3. The molecule has 11 heteroatoms. The highest BCUT2D eigenvalue weighted by Crippen LogP contribution is 2.44. The van der Waals surface area contributed by atoms with Crippen molar-refractivity contribution < 1.29 is 19.0 Å². The van der Waals surface area contributed by atoms with Gasteiger partial charge in [0.1, 0.15) is 12.2 Å². The molecule has 0 spiro atoms. The minimum absolute atomic E-state index is 0.0580. The van der Waals surface area contributed by atoms with Crippen LogP contribution in [0.3, 0.4) is 0 Å². The molecule has 4 heterocycles. The average molecular weight is 545 g/mol. The Morgan fingerprint density at radius 2 is 1.72 bits per heavy atom. The summed E-state index contributed by atoms with van der Waals surface area (Å²) < 4.78 is 19.7. The van der Waals surface area contributed by atoms with Crippen molar-refractivity contribution in [1.82, 2.24) is 19.5 Å². The molecule has 1 amide bonds. The number of fused-ring (bicyclic) bond motifs is 2. The Morgan fingerprint density at radius 3 is 2.33 bits per heavy atom. The van der Waals surface area contributed by atoms with Crippen molar-refractivity contribution in [2.75, 3.05) is 11.4 Å². The summed E-state index contributed by atoms with van der Waals surface area (Å²) in [7, 11) is 0. The number of nitriles is 1. The third-order valence-corrected chi connectivity index (χ3v) is 7.16. The van der Waals surface area contributed by atoms with Crippen LogP contribution in [0, 0.1) is 11.3 Å². The first-order chi connectivity index (χ1) is 18.9. The van der Waals surface area contributed by atoms with Gasteiger partial charge in [-0.3, -0.25) is 14.3 Å². The van der Waals surface area contributed by atoms with E-state index in [1.54, 1.807) is 18.4 Å². The van der Waals surface area contributed by atoms with E-state index in [0.717, 1.165) is 17.5 Å². The van der Waals surface area contributed by atoms with Crippen LogP contribution in [0.1, 0.15) is 37.1 Å². The minimum Gasteiger partial charge on any atom is -0.341 e. The van der Waals surface area contributed by atoms with Crippen LogP contribution in [0.25, 0.3) is 11.2 Å². The largest absolute Gasteiger partial charge is 0.341 e. The summed E-state index contributed by atoms with van der Waals surface area (Å²) >= 11 is 6.39. The highest BCUT2D eigenvalue weighted by Gasteiger charge is 2.56. The lowest BCUT2D eigenvalue weighted by Gasteiger charge is -2.25. The number of rotatable bonds is 7. The molecule has 0 saturated carbocycles. The van der Waals surface area contributed by atoms with Gasteiger partial charge < -0.3 is 14.2 Å². The molecular weight excluding hydrogens is 520 g/mol. The lowest BCUT2D eigenvalue weighted by atomic mass is 9.91. The number of ether oxygens (including phenoxy) is 3. The SMILES string of the molecule is CC1(C)O[C@@H]2C(C#N)OC(n3cnc4c(N(C=O)CC(c5ccccc5)c5ccccc5)nc(Cl)nc43)[C@@H]2O1. The number of aromatic nitrogens is 4. The molecule has 0 N–H and O–H groups in total. The van der Waals surface area contributed by atoms with Gasteiger partial charge in [-0.1, -0.05) is 60.7 Å². The maximum Gasteiger partial charge on any atom is 0.226 e. The van der Waals surface area contributed by atoms with Crippen LogP contribution < -0.4 is 4.90 Å². The van der Waals surface area contributed by atoms with E-state index in [-0.39, 0.29) is 17.0 Å². The molecule has 2 aromatic carbocycles. The quantitative estimate of drug-likeness (QED) is 0.251. The smallest absolute Gasteiger partial charge is 0.226 e. The second-order valence-electron chi connectivity index (χ2n) is 9.91. The zero-order valence-electron chi connectivity index (χ0n) is 21.2. The summed E-state index contributed by atoms with van der Waals surface area (Å²) in [5, 5.41) is 9.59. The van der Waals surface area contributed by atoms with E-state index in [2.05, 4.69) is 21.0 Å². The number of anilines is 1. The number of carbonyl (C=O) groups is 1. The highest BCUT2D eigenvalue weighted by molar-refractivity contribution is 6.28. The molecule has 2 fully saturated rings. The van der Waals surface area contributed by atoms with E-state index < -0.39 is 30.3 Å². The lowest BCUT2D eigenvalue weighted by Crippen LogP contribution is -2.29. The van der Waals surface area contributed by atoms with Gasteiger partial charge in [-0.2, -0.15) is 15.2 Å². The predicted octanol–water partition coefficient (Wildman–Crippen LogP) is 4.22. The maximum atomic E-state index is 12.5. The summed E-state index contributed by atoms with van der Waals surface area (Å²) in [5.41, 5.74) is 2.81. The van der Waals surface area contributed by atoms with Crippen LogP contribution >= 0.6 is 11.6 Å². The Morgan fingerprint density at radius 1 is 1.08 bits per heavy atom. The number of benzene rings is 2. The van der Waals surface area contributed by atoms with Crippen LogP contribution in [0.5, 0.6) is 0 Å². The molecule has 0 aliphatic carbocycles. The number of halogens is 1. The van der Waals surface area contributed by atoms with Gasteiger partial charge >= 0.3 is 0 Å². The van der Waals surface area contributed by atoms with Crippen LogP contribution in [0.4, 0.5) is 5.82 Å². The van der Waals surface area contributed by atoms with Crippen LogP contribution in [-0.4, -0.2) is 56.6 Å². The fourth-order valence-corrected chi connectivity index (χ4v) is 5.48. The normalized spacial score (nSPS) is 23.6. The summed E-state index contributed by atoms with van der Waals surface area (Å²) in [6.45, 7) is 3.87. The number of nitrogens with zero attached hydrogens (tertiary/aromatic N) is 6. The lowest BCUT2D eigenvalue weighted by molar-refractivity contribution is -0.190. The zero-order chi connectivity index (χ0) is 27.1. The average Bonchev–Trinajstić information content (AvgIpc) is 3.60. The van der Waals surface area contributed by atoms with E-state index in [0.29, 0.717) is 17.7 Å². The molecule has 6 rings (SSSR count). The van der Waals surface area contributed by atoms with Crippen molar-refractivity contribution in [3.05, 3.63) is 83.4 Å². The zero-order valence-corrected chi connectivity index (χ0v) is 22.0. The Balaban J connectivity index is 1.39. The molecule has 2 saturated heterocycles. The van der Waals surface area contributed by atoms with Gasteiger partial charge in [0.25, 0.3) is 0 Å². The number of hydrogen-bond acceptors (Lipinski definition) is 8. The maximum absolute atomic E-state index is 12.5. The first kappa shape index (κ1) is 25.4. The van der Waals surface area contributed by atoms with E-state index in [9.17, 15) is 10.1 Å². The molecular formula is C28H25ClN6O4. The minimum atomic E-state index is -0.876. The Kier molecular flexibility index (Phi) is 6.53. The molecule has 4 aromatic rings. The topological polar surface area (TPSA) is 115 Å². The van der Waals surface area contributed by atoms with Gasteiger partial charge in [-0.15, -0.1) is 0 Å². The predicted molar refractivity (Wildman–Crippen MR) is 142 cm³/mol. The van der Waals surface area contributed by atoms with Gasteiger partial charge in [-0.05, 0) is 36.6 Å². The van der Waals surface area contributed by atoms with Gasteiger partial charge in [0.05, 0.1) is 12.4 Å². The van der Waals surface area contributed by atoms with Crippen LogP contribution in [-0.2, 0) is 19.0 Å². The van der Waals surface area contributed by atoms with Gasteiger partial charge in [0.2, 0.25) is 11.7 Å². The fourth-order valence-electron chi connectivity index (χ4n) is 5.32. The van der Waals surface area contributed by atoms with Crippen molar-refractivity contribution >= 4 is 35.0 Å². The van der Waals surface area contributed by atoms with Crippen LogP contribution in [0.15, 0.2) is 67.0 Å². The van der Waals surface area contributed by atoms with Crippen molar-refractivity contribution in [2.24, 2.45) is 0 Å². The summed E-state index contributed by atoms with van der Waals surface area (Å²) in [6, 6.07) is 22.1. The van der Waals surface area contributed by atoms with Crippen molar-refractivity contribution in [3.8, 4) is 6.07 Å².